The number of allylic oxidation sites excluding steroid dienone is 1. The van der Waals surface area contributed by atoms with Gasteiger partial charge in [-0.2, -0.15) is 0 Å². The highest BCUT2D eigenvalue weighted by Gasteiger charge is 2.04. The monoisotopic (exact) mass is 248 g/mol. The Kier molecular flexibility index (Phi) is 4.74. The third-order valence-corrected chi connectivity index (χ3v) is 3.20. The summed E-state index contributed by atoms with van der Waals surface area (Å²) in [7, 11) is 0. The van der Waals surface area contributed by atoms with Crippen molar-refractivity contribution in [3.05, 3.63) is 83.4 Å². The van der Waals surface area contributed by atoms with E-state index in [4.69, 9.17) is 0 Å². The molecule has 2 rings (SSSR count). The SMILES string of the molecule is C=Cc1c(C=CCC)cccc1Cc1ccccc1. The largest absolute Gasteiger partial charge is 0.0984 e. The molecule has 0 N–H and O–H groups in total. The minimum absolute atomic E-state index is 0.954. The van der Waals surface area contributed by atoms with Crippen LogP contribution in [0.15, 0.2) is 61.2 Å². The van der Waals surface area contributed by atoms with Crippen molar-refractivity contribution >= 4 is 12.2 Å². The predicted molar refractivity (Wildman–Crippen MR) is 85.1 cm³/mol. The second kappa shape index (κ2) is 6.75. The molecule has 0 radical (unpaired) electrons. The Morgan fingerprint density at radius 3 is 2.47 bits per heavy atom. The number of rotatable bonds is 5. The summed E-state index contributed by atoms with van der Waals surface area (Å²) in [5.41, 5.74) is 5.17. The van der Waals surface area contributed by atoms with Crippen LogP contribution in [0.25, 0.3) is 12.2 Å². The van der Waals surface area contributed by atoms with Crippen LogP contribution in [-0.2, 0) is 6.42 Å². The standard InChI is InChI=1S/C19H20/c1-3-5-12-17-13-9-14-18(19(17)4-2)15-16-10-7-6-8-11-16/h4-14H,2-3,15H2,1H3. The molecule has 0 amide bonds. The number of benzene rings is 2. The van der Waals surface area contributed by atoms with E-state index >= 15 is 0 Å². The molecule has 0 atom stereocenters. The smallest absolute Gasteiger partial charge is 0.00196 e. The Bertz CT molecular complexity index is 562. The van der Waals surface area contributed by atoms with E-state index in [9.17, 15) is 0 Å². The third kappa shape index (κ3) is 3.45. The highest BCUT2D eigenvalue weighted by atomic mass is 14.1. The number of hydrogen-bond acceptors (Lipinski definition) is 0. The Labute approximate surface area is 116 Å². The molecule has 0 heterocycles. The molecule has 0 fully saturated rings. The lowest BCUT2D eigenvalue weighted by Gasteiger charge is -2.09. The second-order valence-electron chi connectivity index (χ2n) is 4.60. The zero-order chi connectivity index (χ0) is 13.5. The van der Waals surface area contributed by atoms with E-state index in [1.54, 1.807) is 0 Å². The van der Waals surface area contributed by atoms with Gasteiger partial charge in [0.05, 0.1) is 0 Å². The molecular formula is C19H20. The molecule has 0 unspecified atom stereocenters. The molecule has 96 valence electrons. The molecule has 0 aromatic heterocycles. The summed E-state index contributed by atoms with van der Waals surface area (Å²) >= 11 is 0. The Morgan fingerprint density at radius 2 is 1.79 bits per heavy atom. The van der Waals surface area contributed by atoms with E-state index in [-0.39, 0.29) is 0 Å². The van der Waals surface area contributed by atoms with Crippen molar-refractivity contribution in [1.29, 1.82) is 0 Å². The fourth-order valence-corrected chi connectivity index (χ4v) is 2.24. The van der Waals surface area contributed by atoms with Crippen LogP contribution in [0.4, 0.5) is 0 Å². The maximum absolute atomic E-state index is 3.97. The molecule has 19 heavy (non-hydrogen) atoms. The molecule has 0 bridgehead atoms. The van der Waals surface area contributed by atoms with Crippen LogP contribution in [-0.4, -0.2) is 0 Å². The van der Waals surface area contributed by atoms with Crippen molar-refractivity contribution in [2.45, 2.75) is 19.8 Å². The summed E-state index contributed by atoms with van der Waals surface area (Å²) in [6.45, 7) is 6.12. The zero-order valence-corrected chi connectivity index (χ0v) is 11.5. The summed E-state index contributed by atoms with van der Waals surface area (Å²) in [4.78, 5) is 0. The summed E-state index contributed by atoms with van der Waals surface area (Å²) in [6, 6.07) is 17.0. The molecule has 2 aromatic carbocycles. The number of hydrogen-bond donors (Lipinski definition) is 0. The first-order valence-electron chi connectivity index (χ1n) is 6.80. The third-order valence-electron chi connectivity index (χ3n) is 3.20. The van der Waals surface area contributed by atoms with Gasteiger partial charge in [0.25, 0.3) is 0 Å². The van der Waals surface area contributed by atoms with Crippen LogP contribution in [0, 0.1) is 0 Å². The van der Waals surface area contributed by atoms with Gasteiger partial charge < -0.3 is 0 Å². The van der Waals surface area contributed by atoms with E-state index in [0.717, 1.165) is 12.8 Å². The van der Waals surface area contributed by atoms with Crippen LogP contribution in [0.2, 0.25) is 0 Å². The van der Waals surface area contributed by atoms with Crippen molar-refractivity contribution in [2.75, 3.05) is 0 Å². The summed E-state index contributed by atoms with van der Waals surface area (Å²) in [6.07, 6.45) is 8.35. The van der Waals surface area contributed by atoms with Gasteiger partial charge in [-0.15, -0.1) is 0 Å². The van der Waals surface area contributed by atoms with E-state index in [1.165, 1.54) is 22.3 Å². The van der Waals surface area contributed by atoms with E-state index in [2.05, 4.69) is 74.2 Å². The fraction of sp³-hybridized carbons (Fsp3) is 0.158. The quantitative estimate of drug-likeness (QED) is 0.669. The van der Waals surface area contributed by atoms with Gasteiger partial charge in [-0.25, -0.2) is 0 Å². The van der Waals surface area contributed by atoms with Crippen LogP contribution < -0.4 is 0 Å². The Balaban J connectivity index is 2.35. The fourth-order valence-electron chi connectivity index (χ4n) is 2.24. The average molecular weight is 248 g/mol. The van der Waals surface area contributed by atoms with Gasteiger partial charge in [-0.1, -0.05) is 80.3 Å². The summed E-state index contributed by atoms with van der Waals surface area (Å²) < 4.78 is 0. The minimum Gasteiger partial charge on any atom is -0.0984 e. The zero-order valence-electron chi connectivity index (χ0n) is 11.5. The van der Waals surface area contributed by atoms with Crippen molar-refractivity contribution in [1.82, 2.24) is 0 Å². The molecule has 0 aliphatic rings. The van der Waals surface area contributed by atoms with Crippen molar-refractivity contribution in [3.8, 4) is 0 Å². The van der Waals surface area contributed by atoms with E-state index in [0.29, 0.717) is 0 Å². The molecule has 0 saturated heterocycles. The predicted octanol–water partition coefficient (Wildman–Crippen LogP) is 5.34. The first-order valence-corrected chi connectivity index (χ1v) is 6.80. The first kappa shape index (κ1) is 13.4. The molecule has 0 aliphatic heterocycles. The van der Waals surface area contributed by atoms with Crippen LogP contribution >= 0.6 is 0 Å². The molecule has 0 nitrogen and oxygen atoms in total. The van der Waals surface area contributed by atoms with E-state index < -0.39 is 0 Å². The van der Waals surface area contributed by atoms with Crippen molar-refractivity contribution in [2.24, 2.45) is 0 Å². The van der Waals surface area contributed by atoms with Gasteiger partial charge in [-0.3, -0.25) is 0 Å². The Morgan fingerprint density at radius 1 is 1.00 bits per heavy atom. The van der Waals surface area contributed by atoms with Crippen molar-refractivity contribution in [3.63, 3.8) is 0 Å². The van der Waals surface area contributed by atoms with Gasteiger partial charge in [0.1, 0.15) is 0 Å². The van der Waals surface area contributed by atoms with Gasteiger partial charge in [-0.05, 0) is 35.1 Å². The lowest BCUT2D eigenvalue weighted by molar-refractivity contribution is 1.18. The molecule has 0 aliphatic carbocycles. The molecule has 0 heteroatoms. The highest BCUT2D eigenvalue weighted by Crippen LogP contribution is 2.21. The average Bonchev–Trinajstić information content (AvgIpc) is 2.46. The molecule has 2 aromatic rings. The van der Waals surface area contributed by atoms with Crippen molar-refractivity contribution < 1.29 is 0 Å². The minimum atomic E-state index is 0.954. The van der Waals surface area contributed by atoms with Crippen LogP contribution in [0.1, 0.15) is 35.6 Å². The summed E-state index contributed by atoms with van der Waals surface area (Å²) in [5.74, 6) is 0. The van der Waals surface area contributed by atoms with Gasteiger partial charge in [0.2, 0.25) is 0 Å². The van der Waals surface area contributed by atoms with Gasteiger partial charge >= 0.3 is 0 Å². The highest BCUT2D eigenvalue weighted by molar-refractivity contribution is 5.67. The lowest BCUT2D eigenvalue weighted by Crippen LogP contribution is -1.94. The van der Waals surface area contributed by atoms with Gasteiger partial charge in [0, 0.05) is 0 Å². The summed E-state index contributed by atoms with van der Waals surface area (Å²) in [5, 5.41) is 0. The molecule has 0 saturated carbocycles. The Hall–Kier alpha value is -2.08. The second-order valence-corrected chi connectivity index (χ2v) is 4.60. The first-order chi connectivity index (χ1) is 9.35. The normalized spacial score (nSPS) is 10.8. The topological polar surface area (TPSA) is 0 Å². The van der Waals surface area contributed by atoms with Crippen LogP contribution in [0.3, 0.4) is 0 Å². The molecular weight excluding hydrogens is 228 g/mol. The maximum atomic E-state index is 3.97. The van der Waals surface area contributed by atoms with Crippen LogP contribution in [0.5, 0.6) is 0 Å². The molecule has 0 spiro atoms. The van der Waals surface area contributed by atoms with Gasteiger partial charge in [0.15, 0.2) is 0 Å². The maximum Gasteiger partial charge on any atom is -0.00196 e. The van der Waals surface area contributed by atoms with E-state index in [1.807, 2.05) is 6.08 Å². The lowest BCUT2D eigenvalue weighted by atomic mass is 9.95.